The SMILES string of the molecule is CC(C)(C)OC(=O)N1CC=C(c2ccc(Nc3cccnc3OC(c3ccccc3)c3ccccc3)cc2F)CC1. The van der Waals surface area contributed by atoms with Crippen LogP contribution in [-0.2, 0) is 4.74 Å². The number of hydrogen-bond donors (Lipinski definition) is 1. The number of aromatic nitrogens is 1. The molecular formula is C34H34FN3O3. The van der Waals surface area contributed by atoms with E-state index in [1.54, 1.807) is 17.2 Å². The van der Waals surface area contributed by atoms with Crippen LogP contribution in [0.1, 0.15) is 50.0 Å². The van der Waals surface area contributed by atoms with Crippen molar-refractivity contribution in [1.82, 2.24) is 9.88 Å². The molecule has 1 aromatic heterocycles. The van der Waals surface area contributed by atoms with Crippen molar-refractivity contribution in [2.24, 2.45) is 0 Å². The fraction of sp³-hybridized carbons (Fsp3) is 0.235. The van der Waals surface area contributed by atoms with Crippen LogP contribution in [0.25, 0.3) is 5.57 Å². The molecule has 0 aliphatic carbocycles. The molecule has 2 heterocycles. The predicted molar refractivity (Wildman–Crippen MR) is 160 cm³/mol. The number of pyridine rings is 1. The number of halogens is 1. The highest BCUT2D eigenvalue weighted by molar-refractivity contribution is 5.74. The first-order valence-electron chi connectivity index (χ1n) is 13.7. The zero-order valence-electron chi connectivity index (χ0n) is 23.5. The molecule has 0 saturated carbocycles. The van der Waals surface area contributed by atoms with Crippen molar-refractivity contribution in [2.75, 3.05) is 18.4 Å². The number of nitrogens with one attached hydrogen (secondary N) is 1. The summed E-state index contributed by atoms with van der Waals surface area (Å²) in [5, 5.41) is 3.28. The van der Waals surface area contributed by atoms with Crippen molar-refractivity contribution < 1.29 is 18.7 Å². The Kier molecular flexibility index (Phi) is 8.34. The largest absolute Gasteiger partial charge is 0.463 e. The first kappa shape index (κ1) is 27.9. The highest BCUT2D eigenvalue weighted by atomic mass is 19.1. The van der Waals surface area contributed by atoms with E-state index in [9.17, 15) is 4.79 Å². The predicted octanol–water partition coefficient (Wildman–Crippen LogP) is 8.16. The summed E-state index contributed by atoms with van der Waals surface area (Å²) in [5.41, 5.74) is 4.03. The summed E-state index contributed by atoms with van der Waals surface area (Å²) >= 11 is 0. The van der Waals surface area contributed by atoms with Crippen LogP contribution in [0.2, 0.25) is 0 Å². The summed E-state index contributed by atoms with van der Waals surface area (Å²) in [6.07, 6.45) is 3.38. The first-order chi connectivity index (χ1) is 19.8. The number of amides is 1. The molecule has 0 atom stereocenters. The van der Waals surface area contributed by atoms with Crippen LogP contribution in [0, 0.1) is 5.82 Å². The minimum absolute atomic E-state index is 0.343. The van der Waals surface area contributed by atoms with Crippen LogP contribution in [-0.4, -0.2) is 34.7 Å². The van der Waals surface area contributed by atoms with Crippen LogP contribution in [0.4, 0.5) is 20.6 Å². The average molecular weight is 552 g/mol. The average Bonchev–Trinajstić information content (AvgIpc) is 2.97. The van der Waals surface area contributed by atoms with Crippen molar-refractivity contribution in [3.05, 3.63) is 126 Å². The molecule has 4 aromatic rings. The van der Waals surface area contributed by atoms with Gasteiger partial charge in [0.05, 0.1) is 0 Å². The van der Waals surface area contributed by atoms with E-state index in [0.717, 1.165) is 16.7 Å². The van der Waals surface area contributed by atoms with E-state index in [0.29, 0.717) is 42.3 Å². The molecule has 0 unspecified atom stereocenters. The highest BCUT2D eigenvalue weighted by Crippen LogP contribution is 2.34. The Hall–Kier alpha value is -4.65. The lowest BCUT2D eigenvalue weighted by molar-refractivity contribution is 0.0270. The quantitative estimate of drug-likeness (QED) is 0.251. The molecule has 0 radical (unpaired) electrons. The molecule has 1 aliphatic rings. The molecule has 5 rings (SSSR count). The van der Waals surface area contributed by atoms with Crippen molar-refractivity contribution in [3.8, 4) is 5.88 Å². The Morgan fingerprint density at radius 1 is 0.951 bits per heavy atom. The first-order valence-corrected chi connectivity index (χ1v) is 13.7. The van der Waals surface area contributed by atoms with Gasteiger partial charge in [-0.1, -0.05) is 66.7 Å². The molecule has 3 aromatic carbocycles. The number of nitrogens with zero attached hydrogens (tertiary/aromatic N) is 2. The number of benzene rings is 3. The van der Waals surface area contributed by atoms with Gasteiger partial charge in [-0.25, -0.2) is 14.2 Å². The van der Waals surface area contributed by atoms with Crippen molar-refractivity contribution in [3.63, 3.8) is 0 Å². The zero-order valence-corrected chi connectivity index (χ0v) is 23.5. The number of rotatable bonds is 7. The summed E-state index contributed by atoms with van der Waals surface area (Å²) in [6, 6.07) is 28.7. The van der Waals surface area contributed by atoms with E-state index in [4.69, 9.17) is 9.47 Å². The second kappa shape index (κ2) is 12.3. The number of hydrogen-bond acceptors (Lipinski definition) is 5. The third-order valence-corrected chi connectivity index (χ3v) is 6.66. The molecule has 1 N–H and O–H groups in total. The zero-order chi connectivity index (χ0) is 28.8. The Morgan fingerprint density at radius 2 is 1.63 bits per heavy atom. The van der Waals surface area contributed by atoms with Crippen molar-refractivity contribution in [1.29, 1.82) is 0 Å². The van der Waals surface area contributed by atoms with Gasteiger partial charge in [-0.15, -0.1) is 0 Å². The maximum Gasteiger partial charge on any atom is 0.410 e. The van der Waals surface area contributed by atoms with Crippen LogP contribution >= 0.6 is 0 Å². The third kappa shape index (κ3) is 7.11. The van der Waals surface area contributed by atoms with Gasteiger partial charge in [0.1, 0.15) is 17.1 Å². The van der Waals surface area contributed by atoms with Gasteiger partial charge in [0, 0.05) is 30.5 Å². The fourth-order valence-corrected chi connectivity index (χ4v) is 4.69. The molecule has 0 bridgehead atoms. The minimum Gasteiger partial charge on any atom is -0.463 e. The van der Waals surface area contributed by atoms with Crippen molar-refractivity contribution >= 4 is 23.0 Å². The minimum atomic E-state index is -0.556. The standard InChI is InChI=1S/C34H34FN3O3/c1-34(2,3)41-33(39)38-21-18-24(19-22-38)28-17-16-27(23-29(28)35)37-30-15-10-20-36-32(30)40-31(25-11-6-4-7-12-25)26-13-8-5-9-14-26/h4-18,20,23,31,37H,19,21-22H2,1-3H3. The van der Waals surface area contributed by atoms with Crippen LogP contribution in [0.3, 0.4) is 0 Å². The molecule has 7 heteroatoms. The normalized spacial score (nSPS) is 13.5. The Bertz CT molecular complexity index is 1480. The maximum atomic E-state index is 15.3. The molecule has 1 amide bonds. The Morgan fingerprint density at radius 3 is 2.22 bits per heavy atom. The monoisotopic (exact) mass is 551 g/mol. The third-order valence-electron chi connectivity index (χ3n) is 6.66. The second-order valence-electron chi connectivity index (χ2n) is 10.9. The number of carbonyl (C=O) groups is 1. The maximum absolute atomic E-state index is 15.3. The molecule has 0 fully saturated rings. The van der Waals surface area contributed by atoms with E-state index in [1.165, 1.54) is 6.07 Å². The van der Waals surface area contributed by atoms with Crippen molar-refractivity contribution in [2.45, 2.75) is 38.9 Å². The second-order valence-corrected chi connectivity index (χ2v) is 10.9. The fourth-order valence-electron chi connectivity index (χ4n) is 4.69. The number of carbonyl (C=O) groups excluding carboxylic acids is 1. The van der Waals surface area contributed by atoms with Gasteiger partial charge in [-0.05, 0) is 74.2 Å². The highest BCUT2D eigenvalue weighted by Gasteiger charge is 2.25. The summed E-state index contributed by atoms with van der Waals surface area (Å²) in [5.74, 6) is 0.0664. The lowest BCUT2D eigenvalue weighted by atomic mass is 9.98. The summed E-state index contributed by atoms with van der Waals surface area (Å²) in [6.45, 7) is 6.37. The Balaban J connectivity index is 1.32. The van der Waals surface area contributed by atoms with Gasteiger partial charge >= 0.3 is 6.09 Å². The number of ether oxygens (including phenoxy) is 2. The molecule has 6 nitrogen and oxygen atoms in total. The van der Waals surface area contributed by atoms with Gasteiger partial charge in [-0.2, -0.15) is 0 Å². The smallest absolute Gasteiger partial charge is 0.410 e. The van der Waals surface area contributed by atoms with E-state index in [2.05, 4.69) is 10.3 Å². The summed E-state index contributed by atoms with van der Waals surface area (Å²) < 4.78 is 27.3. The lowest BCUT2D eigenvalue weighted by Gasteiger charge is -2.29. The van der Waals surface area contributed by atoms with Gasteiger partial charge in [-0.3, -0.25) is 0 Å². The van der Waals surface area contributed by atoms with Gasteiger partial charge in [0.25, 0.3) is 0 Å². The Labute approximate surface area is 240 Å². The lowest BCUT2D eigenvalue weighted by Crippen LogP contribution is -2.39. The van der Waals surface area contributed by atoms with Crippen LogP contribution < -0.4 is 10.1 Å². The molecule has 1 aliphatic heterocycles. The summed E-state index contributed by atoms with van der Waals surface area (Å²) in [7, 11) is 0. The molecule has 0 spiro atoms. The van der Waals surface area contributed by atoms with E-state index in [1.807, 2.05) is 106 Å². The van der Waals surface area contributed by atoms with Gasteiger partial charge in [0.15, 0.2) is 6.10 Å². The van der Waals surface area contributed by atoms with E-state index < -0.39 is 5.60 Å². The van der Waals surface area contributed by atoms with Crippen LogP contribution in [0.15, 0.2) is 103 Å². The van der Waals surface area contributed by atoms with E-state index >= 15 is 4.39 Å². The summed E-state index contributed by atoms with van der Waals surface area (Å²) in [4.78, 5) is 18.5. The number of anilines is 2. The molecular weight excluding hydrogens is 517 g/mol. The molecule has 210 valence electrons. The topological polar surface area (TPSA) is 63.7 Å². The van der Waals surface area contributed by atoms with E-state index in [-0.39, 0.29) is 18.0 Å². The van der Waals surface area contributed by atoms with Crippen LogP contribution in [0.5, 0.6) is 5.88 Å². The molecule has 0 saturated heterocycles. The van der Waals surface area contributed by atoms with Gasteiger partial charge < -0.3 is 19.7 Å². The molecule has 41 heavy (non-hydrogen) atoms. The van der Waals surface area contributed by atoms with Gasteiger partial charge in [0.2, 0.25) is 5.88 Å².